The van der Waals surface area contributed by atoms with E-state index in [-0.39, 0.29) is 10.6 Å². The first kappa shape index (κ1) is 16.4. The van der Waals surface area contributed by atoms with E-state index >= 15 is 0 Å². The van der Waals surface area contributed by atoms with E-state index in [0.717, 1.165) is 6.07 Å². The minimum Gasteiger partial charge on any atom is -0.481 e. The van der Waals surface area contributed by atoms with Crippen LogP contribution in [0.5, 0.6) is 0 Å². The molecule has 1 N–H and O–H groups in total. The van der Waals surface area contributed by atoms with Gasteiger partial charge in [0.25, 0.3) is 5.69 Å². The highest BCUT2D eigenvalue weighted by Crippen LogP contribution is 2.28. The quantitative estimate of drug-likeness (QED) is 0.632. The van der Waals surface area contributed by atoms with E-state index in [9.17, 15) is 23.3 Å². The first-order valence-corrected chi connectivity index (χ1v) is 7.69. The molecule has 0 saturated carbocycles. The molecule has 1 rings (SSSR count). The number of carbonyl (C=O) groups is 1. The van der Waals surface area contributed by atoms with Gasteiger partial charge < -0.3 is 5.11 Å². The number of halogens is 1. The molecule has 0 bridgehead atoms. The SMILES string of the molecule is CC(CS(=O)(=O)Cc1c(Cl)cccc1[N+](=O)[O-])C(=O)O. The van der Waals surface area contributed by atoms with Gasteiger partial charge in [0.2, 0.25) is 0 Å². The third-order valence-electron chi connectivity index (χ3n) is 2.58. The molecule has 0 spiro atoms. The van der Waals surface area contributed by atoms with Crippen LogP contribution in [0.1, 0.15) is 12.5 Å². The van der Waals surface area contributed by atoms with Crippen LogP contribution in [-0.2, 0) is 20.4 Å². The van der Waals surface area contributed by atoms with Crippen LogP contribution < -0.4 is 0 Å². The van der Waals surface area contributed by atoms with E-state index < -0.39 is 43.8 Å². The molecular formula is C11H12ClNO6S. The number of benzene rings is 1. The van der Waals surface area contributed by atoms with Crippen molar-refractivity contribution in [3.63, 3.8) is 0 Å². The van der Waals surface area contributed by atoms with Crippen molar-refractivity contribution < 1.29 is 23.2 Å². The largest absolute Gasteiger partial charge is 0.481 e. The molecule has 0 saturated heterocycles. The Morgan fingerprint density at radius 1 is 1.50 bits per heavy atom. The van der Waals surface area contributed by atoms with Crippen molar-refractivity contribution in [2.24, 2.45) is 5.92 Å². The highest BCUT2D eigenvalue weighted by molar-refractivity contribution is 7.90. The molecule has 9 heteroatoms. The average molecular weight is 322 g/mol. The van der Waals surface area contributed by atoms with Crippen LogP contribution in [0.4, 0.5) is 5.69 Å². The highest BCUT2D eigenvalue weighted by atomic mass is 35.5. The summed E-state index contributed by atoms with van der Waals surface area (Å²) in [4.78, 5) is 20.8. The molecule has 110 valence electrons. The maximum atomic E-state index is 11.9. The Morgan fingerprint density at radius 3 is 2.60 bits per heavy atom. The third-order valence-corrected chi connectivity index (χ3v) is 4.67. The number of carboxylic acid groups (broad SMARTS) is 1. The van der Waals surface area contributed by atoms with Gasteiger partial charge in [-0.3, -0.25) is 14.9 Å². The van der Waals surface area contributed by atoms with Gasteiger partial charge in [-0.15, -0.1) is 0 Å². The lowest BCUT2D eigenvalue weighted by atomic mass is 10.2. The van der Waals surface area contributed by atoms with Crippen LogP contribution in [0.2, 0.25) is 5.02 Å². The Bertz CT molecular complexity index is 642. The molecule has 1 atom stereocenters. The predicted octanol–water partition coefficient (Wildman–Crippen LogP) is 1.88. The second-order valence-corrected chi connectivity index (χ2v) is 6.80. The molecule has 1 unspecified atom stereocenters. The molecule has 0 fully saturated rings. The first-order valence-electron chi connectivity index (χ1n) is 5.49. The van der Waals surface area contributed by atoms with Crippen molar-refractivity contribution in [3.05, 3.63) is 38.9 Å². The number of nitrogens with zero attached hydrogens (tertiary/aromatic N) is 1. The van der Waals surface area contributed by atoms with Gasteiger partial charge in [-0.2, -0.15) is 0 Å². The fourth-order valence-corrected chi connectivity index (χ4v) is 3.67. The number of carboxylic acids is 1. The molecule has 0 aliphatic carbocycles. The zero-order chi connectivity index (χ0) is 15.5. The summed E-state index contributed by atoms with van der Waals surface area (Å²) in [6, 6.07) is 3.84. The topological polar surface area (TPSA) is 115 Å². The maximum Gasteiger partial charge on any atom is 0.307 e. The molecule has 20 heavy (non-hydrogen) atoms. The van der Waals surface area contributed by atoms with Gasteiger partial charge in [0, 0.05) is 6.07 Å². The lowest BCUT2D eigenvalue weighted by Gasteiger charge is -2.09. The Morgan fingerprint density at radius 2 is 2.10 bits per heavy atom. The van der Waals surface area contributed by atoms with E-state index in [1.165, 1.54) is 19.1 Å². The summed E-state index contributed by atoms with van der Waals surface area (Å²) in [6.07, 6.45) is 0. The minimum absolute atomic E-state index is 0.0363. The number of aliphatic carboxylic acids is 1. The smallest absolute Gasteiger partial charge is 0.307 e. The Balaban J connectivity index is 3.10. The highest BCUT2D eigenvalue weighted by Gasteiger charge is 2.26. The fraction of sp³-hybridized carbons (Fsp3) is 0.364. The van der Waals surface area contributed by atoms with Crippen molar-refractivity contribution in [2.75, 3.05) is 5.75 Å². The molecule has 0 aromatic heterocycles. The average Bonchev–Trinajstić information content (AvgIpc) is 2.30. The van der Waals surface area contributed by atoms with Gasteiger partial charge in [-0.1, -0.05) is 24.6 Å². The van der Waals surface area contributed by atoms with E-state index in [1.807, 2.05) is 0 Å². The monoisotopic (exact) mass is 321 g/mol. The molecule has 7 nitrogen and oxygen atoms in total. The molecule has 1 aromatic rings. The summed E-state index contributed by atoms with van der Waals surface area (Å²) in [5, 5.41) is 19.5. The van der Waals surface area contributed by atoms with Crippen LogP contribution >= 0.6 is 11.6 Å². The van der Waals surface area contributed by atoms with Gasteiger partial charge in [0.1, 0.15) is 0 Å². The summed E-state index contributed by atoms with van der Waals surface area (Å²) in [5.74, 6) is -3.62. The van der Waals surface area contributed by atoms with E-state index in [0.29, 0.717) is 0 Å². The predicted molar refractivity (Wildman–Crippen MR) is 72.4 cm³/mol. The molecule has 0 radical (unpaired) electrons. The summed E-state index contributed by atoms with van der Waals surface area (Å²) < 4.78 is 23.8. The normalized spacial score (nSPS) is 12.9. The summed E-state index contributed by atoms with van der Waals surface area (Å²) in [5.41, 5.74) is -0.527. The van der Waals surface area contributed by atoms with Gasteiger partial charge in [-0.05, 0) is 6.07 Å². The van der Waals surface area contributed by atoms with Crippen LogP contribution in [0, 0.1) is 16.0 Å². The molecular weight excluding hydrogens is 310 g/mol. The van der Waals surface area contributed by atoms with Crippen LogP contribution in [-0.4, -0.2) is 30.2 Å². The fourth-order valence-electron chi connectivity index (χ4n) is 1.59. The molecule has 0 amide bonds. The molecule has 1 aromatic carbocycles. The van der Waals surface area contributed by atoms with Crippen LogP contribution in [0.3, 0.4) is 0 Å². The van der Waals surface area contributed by atoms with Crippen molar-refractivity contribution in [3.8, 4) is 0 Å². The number of nitro groups is 1. The zero-order valence-corrected chi connectivity index (χ0v) is 12.0. The minimum atomic E-state index is -3.83. The number of hydrogen-bond acceptors (Lipinski definition) is 5. The van der Waals surface area contributed by atoms with Crippen LogP contribution in [0.25, 0.3) is 0 Å². The second-order valence-electron chi connectivity index (χ2n) is 4.29. The molecule has 0 heterocycles. The Kier molecular flexibility index (Phi) is 5.07. The number of sulfone groups is 1. The molecule has 0 aliphatic rings. The van der Waals surface area contributed by atoms with Crippen LogP contribution in [0.15, 0.2) is 18.2 Å². The lowest BCUT2D eigenvalue weighted by Crippen LogP contribution is -2.22. The standard InChI is InChI=1S/C11H12ClNO6S/c1-7(11(14)15)5-20(18,19)6-8-9(12)3-2-4-10(8)13(16)17/h2-4,7H,5-6H2,1H3,(H,14,15). The van der Waals surface area contributed by atoms with Gasteiger partial charge in [0.05, 0.1) is 32.9 Å². The van der Waals surface area contributed by atoms with Crippen molar-refractivity contribution in [1.82, 2.24) is 0 Å². The first-order chi connectivity index (χ1) is 9.14. The van der Waals surface area contributed by atoms with Crippen molar-refractivity contribution in [2.45, 2.75) is 12.7 Å². The van der Waals surface area contributed by atoms with Gasteiger partial charge in [0.15, 0.2) is 9.84 Å². The summed E-state index contributed by atoms with van der Waals surface area (Å²) in [6.45, 7) is 1.25. The van der Waals surface area contributed by atoms with Gasteiger partial charge in [-0.25, -0.2) is 8.42 Å². The maximum absolute atomic E-state index is 11.9. The summed E-state index contributed by atoms with van der Waals surface area (Å²) in [7, 11) is -3.83. The lowest BCUT2D eigenvalue weighted by molar-refractivity contribution is -0.385. The number of hydrogen-bond donors (Lipinski definition) is 1. The van der Waals surface area contributed by atoms with E-state index in [4.69, 9.17) is 16.7 Å². The van der Waals surface area contributed by atoms with Crippen molar-refractivity contribution >= 4 is 33.1 Å². The van der Waals surface area contributed by atoms with E-state index in [2.05, 4.69) is 0 Å². The third kappa shape index (κ3) is 4.17. The zero-order valence-electron chi connectivity index (χ0n) is 10.4. The number of rotatable bonds is 6. The number of nitro benzene ring substituents is 1. The van der Waals surface area contributed by atoms with Crippen molar-refractivity contribution in [1.29, 1.82) is 0 Å². The molecule has 0 aliphatic heterocycles. The second kappa shape index (κ2) is 6.19. The van der Waals surface area contributed by atoms with Gasteiger partial charge >= 0.3 is 5.97 Å². The Labute approximate surface area is 120 Å². The summed E-state index contributed by atoms with van der Waals surface area (Å²) >= 11 is 5.79. The Hall–Kier alpha value is -1.67. The van der Waals surface area contributed by atoms with E-state index in [1.54, 1.807) is 0 Å².